The molecule has 4 heterocycles. The van der Waals surface area contributed by atoms with Gasteiger partial charge in [0, 0.05) is 26.1 Å². The number of hydrogen-bond acceptors (Lipinski definition) is 8. The van der Waals surface area contributed by atoms with Crippen LogP contribution < -0.4 is 5.32 Å². The Morgan fingerprint density at radius 2 is 1.80 bits per heavy atom. The summed E-state index contributed by atoms with van der Waals surface area (Å²) in [6.45, 7) is 4.18. The summed E-state index contributed by atoms with van der Waals surface area (Å²) in [4.78, 5) is 60.9. The van der Waals surface area contributed by atoms with Crippen LogP contribution in [0.4, 0.5) is 0 Å². The topological polar surface area (TPSA) is 135 Å². The van der Waals surface area contributed by atoms with Crippen LogP contribution in [0, 0.1) is 17.8 Å². The van der Waals surface area contributed by atoms with E-state index in [9.17, 15) is 24.3 Å². The molecule has 4 aliphatic heterocycles. The third-order valence-electron chi connectivity index (χ3n) is 10.9. The van der Waals surface area contributed by atoms with Gasteiger partial charge in [0.2, 0.25) is 17.7 Å². The molecule has 0 unspecified atom stereocenters. The van der Waals surface area contributed by atoms with E-state index in [0.29, 0.717) is 24.9 Å². The number of ether oxygens (including phenoxy) is 3. The highest BCUT2D eigenvalue weighted by atomic mass is 16.6. The number of methoxy groups -OCH3 is 1. The highest BCUT2D eigenvalue weighted by Crippen LogP contribution is 2.54. The standard InChI is InChI=1S/C38H51N3O8/c1-24(2)21-27(22-42)41-34-36(45)40(26-15-8-5-9-16-26)20-12-19-38(34)32(35(41)44)31-29(49-38)17-10-11-18-30(43)39-28(23-47-3)33(48-37(31)46)25-13-6-4-7-14-25/h4,6-7,10,12-14,17,19,24,26-29,31-34,42H,5,8-9,11,15-16,18,20-23H2,1-3H3,(H,39,43)/b17-10-/t27-,28+,29+,31-,32-,33+,34+,38-/m1/s1. The molecule has 49 heavy (non-hydrogen) atoms. The van der Waals surface area contributed by atoms with Gasteiger partial charge in [-0.05, 0) is 37.2 Å². The maximum absolute atomic E-state index is 14.9. The van der Waals surface area contributed by atoms with Crippen LogP contribution in [-0.4, -0.2) is 101 Å². The van der Waals surface area contributed by atoms with Crippen molar-refractivity contribution in [1.82, 2.24) is 15.1 Å². The first-order valence-corrected chi connectivity index (χ1v) is 18.0. The lowest BCUT2D eigenvalue weighted by Crippen LogP contribution is -2.59. The molecule has 1 aliphatic carbocycles. The Kier molecular flexibility index (Phi) is 10.9. The number of benzene rings is 1. The quantitative estimate of drug-likeness (QED) is 0.316. The molecule has 0 radical (unpaired) electrons. The van der Waals surface area contributed by atoms with Crippen molar-refractivity contribution in [3.63, 3.8) is 0 Å². The molecular formula is C38H51N3O8. The lowest BCUT2D eigenvalue weighted by Gasteiger charge is -2.41. The summed E-state index contributed by atoms with van der Waals surface area (Å²) < 4.78 is 18.7. The van der Waals surface area contributed by atoms with Crippen molar-refractivity contribution >= 4 is 23.7 Å². The van der Waals surface area contributed by atoms with Gasteiger partial charge in [-0.3, -0.25) is 19.2 Å². The van der Waals surface area contributed by atoms with E-state index < -0.39 is 59.6 Å². The zero-order chi connectivity index (χ0) is 34.7. The van der Waals surface area contributed by atoms with Crippen molar-refractivity contribution in [2.24, 2.45) is 17.8 Å². The van der Waals surface area contributed by atoms with Crippen LogP contribution in [0.2, 0.25) is 0 Å². The molecule has 11 heteroatoms. The van der Waals surface area contributed by atoms with E-state index in [1.54, 1.807) is 17.1 Å². The largest absolute Gasteiger partial charge is 0.455 e. The number of aliphatic hydroxyl groups is 1. The molecule has 1 aromatic carbocycles. The van der Waals surface area contributed by atoms with Gasteiger partial charge in [0.05, 0.1) is 37.3 Å². The van der Waals surface area contributed by atoms with E-state index in [-0.39, 0.29) is 43.4 Å². The van der Waals surface area contributed by atoms with Crippen LogP contribution in [0.5, 0.6) is 0 Å². The smallest absolute Gasteiger partial charge is 0.313 e. The number of rotatable bonds is 8. The maximum atomic E-state index is 14.9. The molecule has 0 bridgehead atoms. The predicted octanol–water partition coefficient (Wildman–Crippen LogP) is 3.47. The number of likely N-dealkylation sites (tertiary alicyclic amines) is 1. The molecule has 1 aromatic rings. The molecular weight excluding hydrogens is 626 g/mol. The van der Waals surface area contributed by atoms with Gasteiger partial charge in [-0.1, -0.05) is 87.7 Å². The molecule has 3 fully saturated rings. The Bertz CT molecular complexity index is 1420. The average Bonchev–Trinajstić information content (AvgIpc) is 3.49. The van der Waals surface area contributed by atoms with Gasteiger partial charge in [0.15, 0.2) is 0 Å². The number of carbonyl (C=O) groups excluding carboxylic acids is 4. The predicted molar refractivity (Wildman–Crippen MR) is 181 cm³/mol. The minimum Gasteiger partial charge on any atom is -0.455 e. The minimum atomic E-state index is -1.46. The van der Waals surface area contributed by atoms with E-state index in [0.717, 1.165) is 32.1 Å². The van der Waals surface area contributed by atoms with Crippen LogP contribution in [0.25, 0.3) is 0 Å². The highest BCUT2D eigenvalue weighted by molar-refractivity contribution is 5.99. The zero-order valence-electron chi connectivity index (χ0n) is 28.9. The number of amides is 3. The Morgan fingerprint density at radius 3 is 2.49 bits per heavy atom. The maximum Gasteiger partial charge on any atom is 0.313 e. The second-order valence-corrected chi connectivity index (χ2v) is 14.6. The number of nitrogens with zero attached hydrogens (tertiary/aromatic N) is 2. The Labute approximate surface area is 289 Å². The van der Waals surface area contributed by atoms with Gasteiger partial charge in [-0.15, -0.1) is 0 Å². The molecule has 6 rings (SSSR count). The molecule has 1 spiro atoms. The first-order chi connectivity index (χ1) is 23.7. The van der Waals surface area contributed by atoms with Crippen LogP contribution >= 0.6 is 0 Å². The average molecular weight is 678 g/mol. The second kappa shape index (κ2) is 15.1. The molecule has 11 nitrogen and oxygen atoms in total. The Hall–Kier alpha value is -3.54. The number of hydrogen-bond donors (Lipinski definition) is 2. The summed E-state index contributed by atoms with van der Waals surface area (Å²) in [6.07, 6.45) is 11.5. The lowest BCUT2D eigenvalue weighted by atomic mass is 9.77. The van der Waals surface area contributed by atoms with Crippen molar-refractivity contribution < 1.29 is 38.5 Å². The van der Waals surface area contributed by atoms with E-state index >= 15 is 0 Å². The van der Waals surface area contributed by atoms with Gasteiger partial charge < -0.3 is 34.4 Å². The van der Waals surface area contributed by atoms with Crippen LogP contribution in [0.3, 0.4) is 0 Å². The van der Waals surface area contributed by atoms with Gasteiger partial charge in [-0.2, -0.15) is 0 Å². The Balaban J connectivity index is 1.45. The number of allylic oxidation sites excluding steroid dienone is 1. The van der Waals surface area contributed by atoms with Gasteiger partial charge in [-0.25, -0.2) is 0 Å². The number of cyclic esters (lactones) is 1. The first kappa shape index (κ1) is 35.3. The van der Waals surface area contributed by atoms with Gasteiger partial charge in [0.1, 0.15) is 23.7 Å². The van der Waals surface area contributed by atoms with Crippen molar-refractivity contribution in [2.45, 2.75) is 107 Å². The molecule has 5 aliphatic rings. The number of nitrogens with one attached hydrogen (secondary N) is 1. The molecule has 1 saturated carbocycles. The monoisotopic (exact) mass is 677 g/mol. The molecule has 2 N–H and O–H groups in total. The van der Waals surface area contributed by atoms with E-state index in [2.05, 4.69) is 5.32 Å². The lowest BCUT2D eigenvalue weighted by molar-refractivity contribution is -0.163. The fraction of sp³-hybridized carbons (Fsp3) is 0.632. The van der Waals surface area contributed by atoms with Crippen LogP contribution in [-0.2, 0) is 33.4 Å². The van der Waals surface area contributed by atoms with Crippen molar-refractivity contribution in [3.8, 4) is 0 Å². The van der Waals surface area contributed by atoms with E-state index in [1.165, 1.54) is 7.11 Å². The van der Waals surface area contributed by atoms with Crippen molar-refractivity contribution in [3.05, 3.63) is 60.2 Å². The molecule has 8 atom stereocenters. The van der Waals surface area contributed by atoms with Crippen molar-refractivity contribution in [2.75, 3.05) is 26.9 Å². The van der Waals surface area contributed by atoms with Crippen molar-refractivity contribution in [1.29, 1.82) is 0 Å². The fourth-order valence-corrected chi connectivity index (χ4v) is 8.78. The number of aliphatic hydroxyl groups excluding tert-OH is 1. The summed E-state index contributed by atoms with van der Waals surface area (Å²) in [5, 5.41) is 13.7. The molecule has 3 amide bonds. The van der Waals surface area contributed by atoms with Gasteiger partial charge >= 0.3 is 5.97 Å². The summed E-state index contributed by atoms with van der Waals surface area (Å²) in [5.74, 6) is -3.49. The third-order valence-corrected chi connectivity index (χ3v) is 10.9. The van der Waals surface area contributed by atoms with E-state index in [1.807, 2.05) is 61.2 Å². The molecule has 266 valence electrons. The third kappa shape index (κ3) is 6.81. The number of carbonyl (C=O) groups is 4. The number of fused-ring (bicyclic) bond motifs is 2. The SMILES string of the molecule is COC[C@@H]1NC(=O)CC/C=C\[C@@H]2O[C@@]34C=CCN(C5CCCCC5)C(=O)[C@@H]3N([C@@H](CO)CC(C)C)C(=O)[C@H]4[C@@H]2C(=O)O[C@H]1c1ccccc1. The second-order valence-electron chi connectivity index (χ2n) is 14.6. The summed E-state index contributed by atoms with van der Waals surface area (Å²) in [7, 11) is 1.52. The molecule has 0 aromatic heterocycles. The van der Waals surface area contributed by atoms with E-state index in [4.69, 9.17) is 14.2 Å². The first-order valence-electron chi connectivity index (χ1n) is 18.0. The summed E-state index contributed by atoms with van der Waals surface area (Å²) in [6, 6.07) is 6.82. The normalized spacial score (nSPS) is 33.9. The Morgan fingerprint density at radius 1 is 1.04 bits per heavy atom. The zero-order valence-corrected chi connectivity index (χ0v) is 28.9. The minimum absolute atomic E-state index is 0.0450. The van der Waals surface area contributed by atoms with Crippen LogP contribution in [0.1, 0.15) is 76.9 Å². The summed E-state index contributed by atoms with van der Waals surface area (Å²) >= 11 is 0. The highest BCUT2D eigenvalue weighted by Gasteiger charge is 2.72. The van der Waals surface area contributed by atoms with Crippen LogP contribution in [0.15, 0.2) is 54.6 Å². The van der Waals surface area contributed by atoms with Gasteiger partial charge in [0.25, 0.3) is 0 Å². The molecule has 2 saturated heterocycles. The summed E-state index contributed by atoms with van der Waals surface area (Å²) in [5.41, 5.74) is -0.790. The number of esters is 1. The fourth-order valence-electron chi connectivity index (χ4n) is 8.78.